The Bertz CT molecular complexity index is 219. The van der Waals surface area contributed by atoms with E-state index in [1.165, 1.54) is 71.2 Å². The molecule has 0 aromatic rings. The second kappa shape index (κ2) is 8.97. The lowest BCUT2D eigenvalue weighted by molar-refractivity contribution is 0.0981. The molecule has 0 aromatic carbocycles. The molecule has 2 heteroatoms. The van der Waals surface area contributed by atoms with Gasteiger partial charge in [0.1, 0.15) is 0 Å². The van der Waals surface area contributed by atoms with Gasteiger partial charge in [0, 0.05) is 19.6 Å². The topological polar surface area (TPSA) is 15.3 Å². The minimum atomic E-state index is 0.554. The van der Waals surface area contributed by atoms with Crippen LogP contribution in [0.3, 0.4) is 0 Å². The van der Waals surface area contributed by atoms with Gasteiger partial charge in [-0.2, -0.15) is 0 Å². The van der Waals surface area contributed by atoms with E-state index in [9.17, 15) is 0 Å². The van der Waals surface area contributed by atoms with Gasteiger partial charge in [-0.1, -0.05) is 47.0 Å². The first kappa shape index (κ1) is 17.0. The van der Waals surface area contributed by atoms with Crippen LogP contribution in [-0.4, -0.2) is 37.6 Å². The third-order valence-corrected chi connectivity index (χ3v) is 4.47. The highest BCUT2D eigenvalue weighted by Crippen LogP contribution is 2.36. The molecule has 114 valence electrons. The maximum absolute atomic E-state index is 3.70. The van der Waals surface area contributed by atoms with Crippen molar-refractivity contribution in [3.63, 3.8) is 0 Å². The molecular weight excluding hydrogens is 232 g/mol. The first-order valence-electron chi connectivity index (χ1n) is 8.55. The Labute approximate surface area is 121 Å². The summed E-state index contributed by atoms with van der Waals surface area (Å²) in [5.74, 6) is 0.782. The first-order valence-corrected chi connectivity index (χ1v) is 8.55. The predicted molar refractivity (Wildman–Crippen MR) is 85.6 cm³/mol. The fraction of sp³-hybridized carbons (Fsp3) is 1.00. The van der Waals surface area contributed by atoms with Crippen LogP contribution in [0.2, 0.25) is 0 Å². The Morgan fingerprint density at radius 1 is 1.11 bits per heavy atom. The third-order valence-electron chi connectivity index (χ3n) is 4.47. The smallest absolute Gasteiger partial charge is 0.00501 e. The molecule has 1 aliphatic rings. The first-order chi connectivity index (χ1) is 9.12. The fourth-order valence-electron chi connectivity index (χ4n) is 3.52. The zero-order chi connectivity index (χ0) is 14.1. The average Bonchev–Trinajstić information content (AvgIpc) is 2.39. The molecule has 0 atom stereocenters. The van der Waals surface area contributed by atoms with Crippen molar-refractivity contribution in [2.75, 3.05) is 32.7 Å². The Kier molecular flexibility index (Phi) is 8.01. The molecule has 0 amide bonds. The largest absolute Gasteiger partial charge is 0.316 e. The summed E-state index contributed by atoms with van der Waals surface area (Å²) in [6, 6.07) is 0. The van der Waals surface area contributed by atoms with Crippen LogP contribution in [0.5, 0.6) is 0 Å². The van der Waals surface area contributed by atoms with Crippen LogP contribution in [0.1, 0.15) is 66.2 Å². The second-order valence-corrected chi connectivity index (χ2v) is 6.96. The summed E-state index contributed by atoms with van der Waals surface area (Å²) in [7, 11) is 0. The quantitative estimate of drug-likeness (QED) is 0.638. The zero-order valence-corrected chi connectivity index (χ0v) is 13.8. The number of hydrogen-bond acceptors (Lipinski definition) is 2. The van der Waals surface area contributed by atoms with Gasteiger partial charge in [0.15, 0.2) is 0 Å². The summed E-state index contributed by atoms with van der Waals surface area (Å²) in [5.41, 5.74) is 0.554. The predicted octanol–water partition coefficient (Wildman–Crippen LogP) is 3.91. The van der Waals surface area contributed by atoms with Gasteiger partial charge in [0.2, 0.25) is 0 Å². The monoisotopic (exact) mass is 268 g/mol. The molecule has 1 N–H and O–H groups in total. The van der Waals surface area contributed by atoms with Gasteiger partial charge in [0.05, 0.1) is 0 Å². The average molecular weight is 268 g/mol. The van der Waals surface area contributed by atoms with Gasteiger partial charge in [0.25, 0.3) is 0 Å². The number of rotatable bonds is 9. The maximum atomic E-state index is 3.70. The fourth-order valence-corrected chi connectivity index (χ4v) is 3.52. The van der Waals surface area contributed by atoms with Crippen molar-refractivity contribution < 1.29 is 0 Å². The second-order valence-electron chi connectivity index (χ2n) is 6.96. The molecule has 0 saturated heterocycles. The van der Waals surface area contributed by atoms with Crippen LogP contribution < -0.4 is 5.32 Å². The van der Waals surface area contributed by atoms with Crippen LogP contribution in [0, 0.1) is 11.3 Å². The Hall–Kier alpha value is -0.0800. The number of hydrogen-bond donors (Lipinski definition) is 1. The molecule has 0 aromatic heterocycles. The van der Waals surface area contributed by atoms with E-state index in [4.69, 9.17) is 0 Å². The van der Waals surface area contributed by atoms with Crippen LogP contribution in [0.15, 0.2) is 0 Å². The van der Waals surface area contributed by atoms with Crippen molar-refractivity contribution in [2.24, 2.45) is 11.3 Å². The molecule has 1 saturated carbocycles. The van der Waals surface area contributed by atoms with Gasteiger partial charge < -0.3 is 10.2 Å². The van der Waals surface area contributed by atoms with E-state index in [-0.39, 0.29) is 0 Å². The van der Waals surface area contributed by atoms with Gasteiger partial charge in [-0.25, -0.2) is 0 Å². The number of nitrogens with one attached hydrogen (secondary N) is 1. The van der Waals surface area contributed by atoms with Crippen LogP contribution in [0.25, 0.3) is 0 Å². The maximum Gasteiger partial charge on any atom is 0.00501 e. The Morgan fingerprint density at radius 2 is 1.79 bits per heavy atom. The highest BCUT2D eigenvalue weighted by Gasteiger charge is 2.33. The molecule has 1 fully saturated rings. The molecule has 0 heterocycles. The molecule has 0 radical (unpaired) electrons. The van der Waals surface area contributed by atoms with Crippen molar-refractivity contribution in [1.82, 2.24) is 10.2 Å². The van der Waals surface area contributed by atoms with Crippen LogP contribution in [-0.2, 0) is 0 Å². The molecule has 0 bridgehead atoms. The Morgan fingerprint density at radius 3 is 2.32 bits per heavy atom. The van der Waals surface area contributed by atoms with Gasteiger partial charge in [-0.15, -0.1) is 0 Å². The van der Waals surface area contributed by atoms with Gasteiger partial charge in [-0.3, -0.25) is 0 Å². The summed E-state index contributed by atoms with van der Waals surface area (Å²) in [5, 5.41) is 3.70. The van der Waals surface area contributed by atoms with E-state index in [0.29, 0.717) is 5.41 Å². The van der Waals surface area contributed by atoms with Crippen LogP contribution in [0.4, 0.5) is 0 Å². The van der Waals surface area contributed by atoms with Gasteiger partial charge in [-0.05, 0) is 43.7 Å². The van der Waals surface area contributed by atoms with Crippen molar-refractivity contribution in [2.45, 2.75) is 66.2 Å². The molecular formula is C17H36N2. The molecule has 2 nitrogen and oxygen atoms in total. The summed E-state index contributed by atoms with van der Waals surface area (Å²) in [6.45, 7) is 15.4. The number of nitrogens with zero attached hydrogens (tertiary/aromatic N) is 1. The van der Waals surface area contributed by atoms with Gasteiger partial charge >= 0.3 is 0 Å². The summed E-state index contributed by atoms with van der Waals surface area (Å²) >= 11 is 0. The van der Waals surface area contributed by atoms with Crippen molar-refractivity contribution >= 4 is 0 Å². The summed E-state index contributed by atoms with van der Waals surface area (Å²) < 4.78 is 0. The van der Waals surface area contributed by atoms with Crippen molar-refractivity contribution in [3.8, 4) is 0 Å². The molecule has 1 aliphatic carbocycles. The SMILES string of the molecule is CCCNCC1(CN(CC)CC(C)C)CCCCC1. The van der Waals surface area contributed by atoms with Crippen molar-refractivity contribution in [3.05, 3.63) is 0 Å². The minimum absolute atomic E-state index is 0.554. The summed E-state index contributed by atoms with van der Waals surface area (Å²) in [6.07, 6.45) is 8.43. The lowest BCUT2D eigenvalue weighted by Crippen LogP contribution is -2.46. The lowest BCUT2D eigenvalue weighted by Gasteiger charge is -2.42. The highest BCUT2D eigenvalue weighted by atomic mass is 15.1. The van der Waals surface area contributed by atoms with Crippen molar-refractivity contribution in [1.29, 1.82) is 0 Å². The lowest BCUT2D eigenvalue weighted by atomic mass is 9.73. The van der Waals surface area contributed by atoms with E-state index >= 15 is 0 Å². The van der Waals surface area contributed by atoms with E-state index in [0.717, 1.165) is 5.92 Å². The molecule has 0 aliphatic heterocycles. The standard InChI is InChI=1S/C17H36N2/c1-5-12-18-14-17(10-8-7-9-11-17)15-19(6-2)13-16(3)4/h16,18H,5-15H2,1-4H3. The normalized spacial score (nSPS) is 19.3. The molecule has 1 rings (SSSR count). The van der Waals surface area contributed by atoms with E-state index in [2.05, 4.69) is 37.9 Å². The molecule has 0 unspecified atom stereocenters. The third kappa shape index (κ3) is 6.27. The molecule has 19 heavy (non-hydrogen) atoms. The zero-order valence-electron chi connectivity index (χ0n) is 13.8. The Balaban J connectivity index is 2.55. The molecule has 0 spiro atoms. The van der Waals surface area contributed by atoms with Crippen LogP contribution >= 0.6 is 0 Å². The van der Waals surface area contributed by atoms with E-state index in [1.54, 1.807) is 0 Å². The summed E-state index contributed by atoms with van der Waals surface area (Å²) in [4.78, 5) is 2.68. The highest BCUT2D eigenvalue weighted by molar-refractivity contribution is 4.88. The minimum Gasteiger partial charge on any atom is -0.316 e. The van der Waals surface area contributed by atoms with E-state index < -0.39 is 0 Å². The van der Waals surface area contributed by atoms with E-state index in [1.807, 2.05) is 0 Å².